The Morgan fingerprint density at radius 3 is 2.23 bits per heavy atom. The summed E-state index contributed by atoms with van der Waals surface area (Å²) in [5.41, 5.74) is 2.62. The molecular weight excluding hydrogens is 711 g/mol. The van der Waals surface area contributed by atoms with Crippen LogP contribution >= 0.6 is 0 Å². The van der Waals surface area contributed by atoms with Crippen LogP contribution in [0.4, 0.5) is 0 Å². The molecule has 1 amide bonds. The second-order valence-electron chi connectivity index (χ2n) is 14.4. The summed E-state index contributed by atoms with van der Waals surface area (Å²) >= 11 is 0. The van der Waals surface area contributed by atoms with E-state index in [2.05, 4.69) is 13.2 Å². The Balaban J connectivity index is 1.46. The first kappa shape index (κ1) is 42.0. The quantitative estimate of drug-likeness (QED) is 0.0633. The number of nitrogens with zero attached hydrogens (tertiary/aromatic N) is 1. The van der Waals surface area contributed by atoms with E-state index in [1.165, 1.54) is 0 Å². The maximum absolute atomic E-state index is 15.1. The summed E-state index contributed by atoms with van der Waals surface area (Å²) in [5, 5.41) is 0. The van der Waals surface area contributed by atoms with Gasteiger partial charge in [0.05, 0.1) is 41.0 Å². The van der Waals surface area contributed by atoms with Crippen LogP contribution in [0, 0.1) is 5.92 Å². The molecule has 3 atom stereocenters. The molecule has 0 aromatic heterocycles. The van der Waals surface area contributed by atoms with Gasteiger partial charge in [-0.3, -0.25) is 4.79 Å². The lowest BCUT2D eigenvalue weighted by Crippen LogP contribution is -2.51. The molecule has 2 aliphatic rings. The number of esters is 1. The van der Waals surface area contributed by atoms with Gasteiger partial charge in [0.2, 0.25) is 11.7 Å². The number of benzene rings is 3. The lowest BCUT2D eigenvalue weighted by molar-refractivity contribution is -0.163. The van der Waals surface area contributed by atoms with Crippen LogP contribution < -0.4 is 28.4 Å². The molecule has 1 aliphatic carbocycles. The number of carbonyl (C=O) groups excluding carboxylic acids is 2. The highest BCUT2D eigenvalue weighted by molar-refractivity contribution is 5.89. The molecule has 1 aliphatic heterocycles. The number of ether oxygens (including phenoxy) is 7. The van der Waals surface area contributed by atoms with Gasteiger partial charge < -0.3 is 38.1 Å². The van der Waals surface area contributed by atoms with Crippen LogP contribution in [0.1, 0.15) is 92.9 Å². The number of likely N-dealkylation sites (tertiary alicyclic amines) is 1. The monoisotopic (exact) mass is 769 g/mol. The van der Waals surface area contributed by atoms with E-state index in [9.17, 15) is 4.79 Å². The Bertz CT molecular complexity index is 1770. The molecule has 10 heteroatoms. The van der Waals surface area contributed by atoms with Crippen LogP contribution in [-0.4, -0.2) is 71.0 Å². The van der Waals surface area contributed by atoms with E-state index in [4.69, 9.17) is 33.2 Å². The van der Waals surface area contributed by atoms with E-state index in [0.717, 1.165) is 61.6 Å². The number of hydrogen-bond donors (Lipinski definition) is 0. The lowest BCUT2D eigenvalue weighted by Gasteiger charge is -2.40. The average molecular weight is 770 g/mol. The van der Waals surface area contributed by atoms with E-state index < -0.39 is 24.0 Å². The highest BCUT2D eigenvalue weighted by Gasteiger charge is 2.41. The Labute approximate surface area is 332 Å². The largest absolute Gasteiger partial charge is 0.493 e. The minimum absolute atomic E-state index is 0.0653. The van der Waals surface area contributed by atoms with Gasteiger partial charge >= 0.3 is 5.97 Å². The maximum Gasteiger partial charge on any atom is 0.329 e. The molecule has 0 N–H and O–H groups in total. The zero-order valence-electron chi connectivity index (χ0n) is 33.6. The Morgan fingerprint density at radius 2 is 1.52 bits per heavy atom. The van der Waals surface area contributed by atoms with E-state index in [0.29, 0.717) is 79.9 Å². The number of piperidine rings is 1. The van der Waals surface area contributed by atoms with E-state index in [-0.39, 0.29) is 11.8 Å². The van der Waals surface area contributed by atoms with Crippen molar-refractivity contribution >= 4 is 11.9 Å². The van der Waals surface area contributed by atoms with Crippen LogP contribution in [0.3, 0.4) is 0 Å². The standard InChI is InChI=1S/C46H59NO9/c1-7-9-27-55-42-31-35(30-41(52-5)44(42)53-6)43(33-16-11-10-12-17-33)45(48)47-25-14-13-20-37(47)46(49)56-38(34-18-15-19-36(29-34)54-26-8-2)23-21-32-22-24-39(50-3)40(28-32)51-4/h7-8,15,18-19,22,24,28-31,33,37-38,43H,1-2,9-14,16-17,20-21,23,25-27H2,3-6H3/t37?,38?,43-/m0/s1. The highest BCUT2D eigenvalue weighted by atomic mass is 16.5. The molecule has 0 spiro atoms. The Hall–Kier alpha value is -5.12. The molecule has 0 bridgehead atoms. The van der Waals surface area contributed by atoms with Gasteiger partial charge in [0, 0.05) is 6.54 Å². The lowest BCUT2D eigenvalue weighted by atomic mass is 9.75. The third-order valence-corrected chi connectivity index (χ3v) is 10.9. The first-order chi connectivity index (χ1) is 27.3. The molecule has 1 saturated heterocycles. The van der Waals surface area contributed by atoms with Crippen LogP contribution in [0.5, 0.6) is 34.5 Å². The summed E-state index contributed by atoms with van der Waals surface area (Å²) in [5.74, 6) is 2.56. The number of amides is 1. The molecule has 3 aromatic carbocycles. The molecular formula is C46H59NO9. The van der Waals surface area contributed by atoms with Crippen molar-refractivity contribution in [2.24, 2.45) is 5.92 Å². The first-order valence-electron chi connectivity index (χ1n) is 19.9. The van der Waals surface area contributed by atoms with Crippen molar-refractivity contribution < 1.29 is 42.7 Å². The second-order valence-corrected chi connectivity index (χ2v) is 14.4. The van der Waals surface area contributed by atoms with Gasteiger partial charge in [-0.15, -0.1) is 6.58 Å². The summed E-state index contributed by atoms with van der Waals surface area (Å²) < 4.78 is 41.0. The van der Waals surface area contributed by atoms with E-state index in [1.807, 2.05) is 54.6 Å². The van der Waals surface area contributed by atoms with Crippen molar-refractivity contribution in [3.63, 3.8) is 0 Å². The van der Waals surface area contributed by atoms with Gasteiger partial charge in [0.1, 0.15) is 24.5 Å². The van der Waals surface area contributed by atoms with Crippen molar-refractivity contribution in [1.82, 2.24) is 4.90 Å². The van der Waals surface area contributed by atoms with Crippen molar-refractivity contribution in [3.05, 3.63) is 96.6 Å². The van der Waals surface area contributed by atoms with Crippen molar-refractivity contribution in [1.29, 1.82) is 0 Å². The molecule has 56 heavy (non-hydrogen) atoms. The number of methoxy groups -OCH3 is 4. The van der Waals surface area contributed by atoms with Crippen molar-refractivity contribution in [3.8, 4) is 34.5 Å². The molecule has 302 valence electrons. The third-order valence-electron chi connectivity index (χ3n) is 10.9. The van der Waals surface area contributed by atoms with Crippen LogP contribution in [-0.2, 0) is 20.7 Å². The third kappa shape index (κ3) is 10.6. The SMILES string of the molecule is C=CCCOc1cc([C@@H](C(=O)N2CCCCC2C(=O)OC(CCc2ccc(OC)c(OC)c2)c2cccc(OCC=C)c2)C2CCCCC2)cc(OC)c1OC. The molecule has 1 saturated carbocycles. The maximum atomic E-state index is 15.1. The van der Waals surface area contributed by atoms with Crippen LogP contribution in [0.25, 0.3) is 0 Å². The summed E-state index contributed by atoms with van der Waals surface area (Å²) in [4.78, 5) is 31.4. The molecule has 1 heterocycles. The van der Waals surface area contributed by atoms with Crippen LogP contribution in [0.15, 0.2) is 79.9 Å². The zero-order valence-corrected chi connectivity index (χ0v) is 33.6. The first-order valence-corrected chi connectivity index (χ1v) is 19.9. The predicted octanol–water partition coefficient (Wildman–Crippen LogP) is 9.20. The molecule has 2 fully saturated rings. The Morgan fingerprint density at radius 1 is 0.768 bits per heavy atom. The topological polar surface area (TPSA) is 102 Å². The van der Waals surface area contributed by atoms with Crippen LogP contribution in [0.2, 0.25) is 0 Å². The molecule has 10 nitrogen and oxygen atoms in total. The minimum Gasteiger partial charge on any atom is -0.493 e. The van der Waals surface area contributed by atoms with Gasteiger partial charge in [-0.05, 0) is 110 Å². The second kappa shape index (κ2) is 21.3. The average Bonchev–Trinajstić information content (AvgIpc) is 3.24. The smallest absolute Gasteiger partial charge is 0.329 e. The molecule has 5 rings (SSSR count). The van der Waals surface area contributed by atoms with Gasteiger partial charge in [-0.1, -0.05) is 56.2 Å². The van der Waals surface area contributed by atoms with E-state index >= 15 is 4.79 Å². The fraction of sp³-hybridized carbons (Fsp3) is 0.478. The van der Waals surface area contributed by atoms with Gasteiger partial charge in [-0.2, -0.15) is 0 Å². The predicted molar refractivity (Wildman–Crippen MR) is 217 cm³/mol. The Kier molecular flexibility index (Phi) is 16.0. The number of rotatable bonds is 20. The summed E-state index contributed by atoms with van der Waals surface area (Å²) in [6.45, 7) is 8.81. The summed E-state index contributed by atoms with van der Waals surface area (Å²) in [6, 6.07) is 16.5. The normalized spacial score (nSPS) is 16.9. The number of hydrogen-bond acceptors (Lipinski definition) is 9. The number of carbonyl (C=O) groups is 2. The summed E-state index contributed by atoms with van der Waals surface area (Å²) in [6.07, 6.45) is 11.9. The van der Waals surface area contributed by atoms with Gasteiger partial charge in [-0.25, -0.2) is 4.79 Å². The minimum atomic E-state index is -0.727. The summed E-state index contributed by atoms with van der Waals surface area (Å²) in [7, 11) is 6.39. The fourth-order valence-corrected chi connectivity index (χ4v) is 8.00. The molecule has 0 radical (unpaired) electrons. The van der Waals surface area contributed by atoms with Crippen molar-refractivity contribution in [2.45, 2.75) is 88.7 Å². The van der Waals surface area contributed by atoms with Crippen molar-refractivity contribution in [2.75, 3.05) is 48.2 Å². The molecule has 3 aromatic rings. The fourth-order valence-electron chi connectivity index (χ4n) is 8.00. The highest BCUT2D eigenvalue weighted by Crippen LogP contribution is 2.45. The number of aryl methyl sites for hydroxylation is 1. The molecule has 2 unspecified atom stereocenters. The van der Waals surface area contributed by atoms with Gasteiger partial charge in [0.15, 0.2) is 23.0 Å². The van der Waals surface area contributed by atoms with Gasteiger partial charge in [0.25, 0.3) is 0 Å². The van der Waals surface area contributed by atoms with E-state index in [1.54, 1.807) is 45.5 Å². The zero-order chi connectivity index (χ0) is 39.9.